The van der Waals surface area contributed by atoms with Gasteiger partial charge in [0.15, 0.2) is 5.78 Å². The first-order valence-electron chi connectivity index (χ1n) is 17.0. The lowest BCUT2D eigenvalue weighted by Gasteiger charge is -2.32. The molecule has 0 aliphatic heterocycles. The van der Waals surface area contributed by atoms with Crippen molar-refractivity contribution in [2.24, 2.45) is 0 Å². The third-order valence-electron chi connectivity index (χ3n) is 7.86. The highest BCUT2D eigenvalue weighted by Crippen LogP contribution is 2.44. The van der Waals surface area contributed by atoms with Gasteiger partial charge in [-0.2, -0.15) is 17.5 Å². The van der Waals surface area contributed by atoms with Crippen LogP contribution in [0.1, 0.15) is 64.4 Å². The van der Waals surface area contributed by atoms with Crippen molar-refractivity contribution in [1.29, 1.82) is 0 Å². The number of aliphatic hydroxyl groups excluding tert-OH is 1. The molecule has 0 aliphatic carbocycles. The molecular weight excluding hydrogens is 699 g/mol. The molecular formula is C35H37F4N3O6S2. The minimum Gasteiger partial charge on any atom is -0.453 e. The van der Waals surface area contributed by atoms with Gasteiger partial charge >= 0.3 is 12.3 Å². The topological polar surface area (TPSA) is 139 Å². The number of nitrogen functional groups attached to an aromatic ring is 1. The Hall–Kier alpha value is -4.31. The van der Waals surface area contributed by atoms with Gasteiger partial charge in [-0.15, -0.1) is 11.3 Å². The smallest absolute Gasteiger partial charge is 0.407 e. The van der Waals surface area contributed by atoms with E-state index >= 15 is 4.39 Å². The number of carbonyl (C=O) groups is 2. The second kappa shape index (κ2) is 16.1. The number of amides is 1. The van der Waals surface area contributed by atoms with E-state index in [-0.39, 0.29) is 14.9 Å². The van der Waals surface area contributed by atoms with Crippen LogP contribution in [-0.4, -0.2) is 61.7 Å². The first-order valence-corrected chi connectivity index (χ1v) is 17.2. The zero-order chi connectivity index (χ0) is 40.2. The molecule has 9 nitrogen and oxygen atoms in total. The molecule has 0 spiro atoms. The maximum atomic E-state index is 15.0. The number of ether oxygens (including phenoxy) is 1. The largest absolute Gasteiger partial charge is 0.453 e. The van der Waals surface area contributed by atoms with Crippen molar-refractivity contribution in [2.75, 3.05) is 19.5 Å². The van der Waals surface area contributed by atoms with Crippen LogP contribution in [0.2, 0.25) is 0 Å². The average Bonchev–Trinajstić information content (AvgIpc) is 3.58. The Labute approximate surface area is 297 Å². The van der Waals surface area contributed by atoms with Gasteiger partial charge in [0, 0.05) is 39.3 Å². The molecule has 0 radical (unpaired) electrons. The number of halogens is 4. The lowest BCUT2D eigenvalue weighted by atomic mass is 9.81. The lowest BCUT2D eigenvalue weighted by molar-refractivity contribution is -0.156. The maximum Gasteiger partial charge on any atom is 0.407 e. The molecule has 0 saturated heterocycles. The van der Waals surface area contributed by atoms with Crippen LogP contribution in [0.5, 0.6) is 0 Å². The summed E-state index contributed by atoms with van der Waals surface area (Å²) in [4.78, 5) is 24.6. The number of nitrogens with zero attached hydrogens (tertiary/aromatic N) is 1. The highest BCUT2D eigenvalue weighted by Gasteiger charge is 2.46. The molecule has 4 rings (SSSR count). The van der Waals surface area contributed by atoms with E-state index in [2.05, 4.69) is 5.32 Å². The summed E-state index contributed by atoms with van der Waals surface area (Å²) in [7, 11) is -4.29. The van der Waals surface area contributed by atoms with Gasteiger partial charge in [0.25, 0.3) is 0 Å². The summed E-state index contributed by atoms with van der Waals surface area (Å²) < 4.78 is 125. The number of benzene rings is 3. The maximum absolute atomic E-state index is 15.0. The fourth-order valence-corrected chi connectivity index (χ4v) is 8.49. The number of sulfonamides is 1. The third-order valence-corrected chi connectivity index (χ3v) is 11.1. The Morgan fingerprint density at radius 3 is 2.10 bits per heavy atom. The fourth-order valence-electron chi connectivity index (χ4n) is 5.57. The summed E-state index contributed by atoms with van der Waals surface area (Å²) >= 11 is 0.316. The predicted molar refractivity (Wildman–Crippen MR) is 182 cm³/mol. The number of nitrogens with two attached hydrogens (primary N) is 1. The molecule has 3 aromatic carbocycles. The van der Waals surface area contributed by atoms with Crippen molar-refractivity contribution in [3.8, 4) is 0 Å². The summed E-state index contributed by atoms with van der Waals surface area (Å²) in [5, 5.41) is 12.9. The molecule has 0 bridgehead atoms. The standard InChI is InChI=1S/C35H37F4N3O6S2/c1-21(2)42(50(46,47)31-17-14-24(40)18-26(31)36)27(20-43)30-16-15-29(49-30)25(35(37,38)39)19-28(44)33(41-34(45)48-3)32(22-10-6-4-7-11-22)23-12-8-5-9-13-23/h4-18,21,25,27,32-33,43H,19-20,40H2,1-3H3,(H,41,45)/t25-,27-,33-/m1/s1/i1D3,21D/t21?,25-,27-,33-. The van der Waals surface area contributed by atoms with E-state index in [1.54, 1.807) is 60.7 Å². The van der Waals surface area contributed by atoms with Crippen molar-refractivity contribution in [3.05, 3.63) is 118 Å². The summed E-state index contributed by atoms with van der Waals surface area (Å²) in [6.07, 6.45) is -7.40. The van der Waals surface area contributed by atoms with Crippen molar-refractivity contribution in [2.45, 2.75) is 61.2 Å². The minimum absolute atomic E-state index is 0.0333. The Kier molecular flexibility index (Phi) is 10.6. The molecule has 4 aromatic rings. The monoisotopic (exact) mass is 739 g/mol. The Morgan fingerprint density at radius 1 is 1.02 bits per heavy atom. The van der Waals surface area contributed by atoms with Crippen LogP contribution < -0.4 is 11.1 Å². The normalized spacial score (nSPS) is 16.7. The number of aliphatic hydroxyl groups is 1. The number of alkyl carbamates (subject to hydrolysis) is 1. The number of carbonyl (C=O) groups excluding carboxylic acids is 2. The molecule has 1 aromatic heterocycles. The van der Waals surface area contributed by atoms with Crippen molar-refractivity contribution in [1.82, 2.24) is 9.62 Å². The second-order valence-electron chi connectivity index (χ2n) is 11.2. The number of anilines is 1. The number of Topliss-reactive ketones (excluding diaryl/α,β-unsaturated/α-hetero) is 1. The second-order valence-corrected chi connectivity index (χ2v) is 14.1. The zero-order valence-electron chi connectivity index (χ0n) is 30.7. The van der Waals surface area contributed by atoms with Crippen LogP contribution in [0.3, 0.4) is 0 Å². The molecule has 1 amide bonds. The molecule has 4 N–H and O–H groups in total. The first-order chi connectivity index (χ1) is 25.1. The van der Waals surface area contributed by atoms with E-state index < -0.39 is 93.5 Å². The van der Waals surface area contributed by atoms with E-state index in [9.17, 15) is 36.3 Å². The van der Waals surface area contributed by atoms with E-state index in [1.165, 1.54) is 0 Å². The molecule has 50 heavy (non-hydrogen) atoms. The van der Waals surface area contributed by atoms with Crippen LogP contribution >= 0.6 is 11.3 Å². The highest BCUT2D eigenvalue weighted by molar-refractivity contribution is 7.89. The number of alkyl halides is 3. The summed E-state index contributed by atoms with van der Waals surface area (Å²) in [6.45, 7) is -3.98. The van der Waals surface area contributed by atoms with Gasteiger partial charge in [-0.05, 0) is 55.2 Å². The summed E-state index contributed by atoms with van der Waals surface area (Å²) in [5.74, 6) is -5.95. The minimum atomic E-state index is -5.32. The Bertz CT molecular complexity index is 2000. The number of thiophene rings is 1. The molecule has 1 unspecified atom stereocenters. The Morgan fingerprint density at radius 2 is 1.60 bits per heavy atom. The molecule has 0 saturated carbocycles. The first kappa shape index (κ1) is 32.9. The molecule has 1 heterocycles. The van der Waals surface area contributed by atoms with Crippen LogP contribution in [0, 0.1) is 5.82 Å². The highest BCUT2D eigenvalue weighted by atomic mass is 32.2. The lowest BCUT2D eigenvalue weighted by Crippen LogP contribution is -2.46. The van der Waals surface area contributed by atoms with E-state index in [1.807, 2.05) is 0 Å². The summed E-state index contributed by atoms with van der Waals surface area (Å²) in [6, 6.07) is 14.3. The number of nitrogens with one attached hydrogen (secondary N) is 1. The predicted octanol–water partition coefficient (Wildman–Crippen LogP) is 6.76. The average molecular weight is 740 g/mol. The van der Waals surface area contributed by atoms with Crippen LogP contribution in [-0.2, 0) is 19.6 Å². The van der Waals surface area contributed by atoms with Crippen molar-refractivity contribution in [3.63, 3.8) is 0 Å². The Balaban J connectivity index is 1.81. The number of hydrogen-bond acceptors (Lipinski definition) is 8. The molecule has 15 heteroatoms. The molecule has 4 atom stereocenters. The number of rotatable bonds is 14. The van der Waals surface area contributed by atoms with Gasteiger partial charge in [-0.25, -0.2) is 17.6 Å². The van der Waals surface area contributed by atoms with Gasteiger partial charge in [0.1, 0.15) is 16.8 Å². The summed E-state index contributed by atoms with van der Waals surface area (Å²) in [5.41, 5.74) is 6.36. The number of hydrogen-bond donors (Lipinski definition) is 3. The molecule has 0 aliphatic rings. The van der Waals surface area contributed by atoms with Gasteiger partial charge in [0.2, 0.25) is 10.0 Å². The number of methoxy groups -OCH3 is 1. The quantitative estimate of drug-likeness (QED) is 0.0960. The SMILES string of the molecule is [2H]C([2H])([2H])C([2H])(C)N([C@H](CO)c1ccc([C@@H](CC(=O)[C@@H](NC(=O)OC)C(c2ccccc2)c2ccccc2)C(F)(F)F)s1)S(=O)(=O)c1ccc(N)cc1F. The van der Waals surface area contributed by atoms with Gasteiger partial charge in [0.05, 0.1) is 25.7 Å². The number of ketones is 1. The van der Waals surface area contributed by atoms with Crippen LogP contribution in [0.25, 0.3) is 0 Å². The molecule has 0 fully saturated rings. The van der Waals surface area contributed by atoms with Gasteiger partial charge in [-0.1, -0.05) is 60.7 Å². The fraction of sp³-hybridized carbons (Fsp3) is 0.314. The van der Waals surface area contributed by atoms with E-state index in [0.717, 1.165) is 31.4 Å². The van der Waals surface area contributed by atoms with Crippen LogP contribution in [0.4, 0.5) is 28.0 Å². The van der Waals surface area contributed by atoms with Crippen molar-refractivity contribution >= 4 is 38.9 Å². The van der Waals surface area contributed by atoms with Gasteiger partial charge in [-0.3, -0.25) is 4.79 Å². The van der Waals surface area contributed by atoms with Crippen LogP contribution in [0.15, 0.2) is 95.9 Å². The van der Waals surface area contributed by atoms with Crippen molar-refractivity contribution < 1.29 is 50.9 Å². The van der Waals surface area contributed by atoms with E-state index in [4.69, 9.17) is 16.0 Å². The zero-order valence-corrected chi connectivity index (χ0v) is 28.4. The molecule has 268 valence electrons. The third kappa shape index (κ3) is 8.70. The van der Waals surface area contributed by atoms with Gasteiger partial charge < -0.3 is 20.9 Å². The van der Waals surface area contributed by atoms with E-state index in [0.29, 0.717) is 35.5 Å².